The lowest BCUT2D eigenvalue weighted by Crippen LogP contribution is -2.33. The standard InChI is InChI=1S/C10H17N3O2/c1-2-15-10(14)8(9(11)12)6-13-7-4-3-5-7/h6-7,13H,2-5H2,1H3,(H3,11,12)/b8-6+. The summed E-state index contributed by atoms with van der Waals surface area (Å²) in [7, 11) is 0. The zero-order valence-electron chi connectivity index (χ0n) is 8.88. The highest BCUT2D eigenvalue weighted by molar-refractivity contribution is 6.16. The van der Waals surface area contributed by atoms with Gasteiger partial charge in [-0.2, -0.15) is 0 Å². The number of rotatable bonds is 5. The predicted molar refractivity (Wildman–Crippen MR) is 57.4 cm³/mol. The van der Waals surface area contributed by atoms with Crippen molar-refractivity contribution in [2.45, 2.75) is 32.2 Å². The minimum atomic E-state index is -0.545. The van der Waals surface area contributed by atoms with Crippen molar-refractivity contribution in [3.63, 3.8) is 0 Å². The molecular weight excluding hydrogens is 194 g/mol. The Bertz CT molecular complexity index is 282. The minimum Gasteiger partial charge on any atom is -0.462 e. The van der Waals surface area contributed by atoms with Crippen LogP contribution in [0.15, 0.2) is 11.8 Å². The smallest absolute Gasteiger partial charge is 0.343 e. The lowest BCUT2D eigenvalue weighted by atomic mass is 9.93. The largest absolute Gasteiger partial charge is 0.462 e. The number of carbonyl (C=O) groups excluding carboxylic acids is 1. The molecule has 1 rings (SSSR count). The Labute approximate surface area is 89.2 Å². The van der Waals surface area contributed by atoms with Crippen LogP contribution >= 0.6 is 0 Å². The Hall–Kier alpha value is -1.52. The Morgan fingerprint density at radius 1 is 1.67 bits per heavy atom. The topological polar surface area (TPSA) is 88.2 Å². The van der Waals surface area contributed by atoms with Gasteiger partial charge in [-0.1, -0.05) is 0 Å². The second-order valence-electron chi connectivity index (χ2n) is 3.49. The summed E-state index contributed by atoms with van der Waals surface area (Å²) < 4.78 is 4.78. The summed E-state index contributed by atoms with van der Waals surface area (Å²) in [5.41, 5.74) is 5.39. The van der Waals surface area contributed by atoms with E-state index in [-0.39, 0.29) is 18.0 Å². The summed E-state index contributed by atoms with van der Waals surface area (Å²) in [4.78, 5) is 11.4. The number of esters is 1. The van der Waals surface area contributed by atoms with E-state index in [4.69, 9.17) is 15.9 Å². The van der Waals surface area contributed by atoms with Crippen LogP contribution in [0.25, 0.3) is 0 Å². The third-order valence-corrected chi connectivity index (χ3v) is 2.35. The first-order chi connectivity index (χ1) is 7.15. The van der Waals surface area contributed by atoms with Crippen LogP contribution in [0.5, 0.6) is 0 Å². The van der Waals surface area contributed by atoms with Crippen molar-refractivity contribution in [1.82, 2.24) is 5.32 Å². The maximum Gasteiger partial charge on any atom is 0.343 e. The molecule has 1 aliphatic rings. The first-order valence-electron chi connectivity index (χ1n) is 5.13. The quantitative estimate of drug-likeness (QED) is 0.267. The molecule has 1 aliphatic carbocycles. The van der Waals surface area contributed by atoms with Crippen LogP contribution in [0.1, 0.15) is 26.2 Å². The van der Waals surface area contributed by atoms with E-state index in [2.05, 4.69) is 5.32 Å². The van der Waals surface area contributed by atoms with Crippen LogP contribution in [0.4, 0.5) is 0 Å². The molecular formula is C10H17N3O2. The molecule has 0 aromatic heterocycles. The maximum absolute atomic E-state index is 11.4. The van der Waals surface area contributed by atoms with Crippen LogP contribution in [0.2, 0.25) is 0 Å². The Balaban J connectivity index is 2.54. The number of carbonyl (C=O) groups is 1. The average Bonchev–Trinajstić information content (AvgIpc) is 2.08. The molecule has 15 heavy (non-hydrogen) atoms. The van der Waals surface area contributed by atoms with Gasteiger partial charge >= 0.3 is 5.97 Å². The molecule has 0 saturated heterocycles. The normalized spacial score (nSPS) is 16.7. The van der Waals surface area contributed by atoms with E-state index in [1.54, 1.807) is 6.92 Å². The molecule has 0 amide bonds. The molecule has 0 heterocycles. The zero-order valence-corrected chi connectivity index (χ0v) is 8.88. The van der Waals surface area contributed by atoms with Crippen molar-refractivity contribution in [2.24, 2.45) is 5.73 Å². The highest BCUT2D eigenvalue weighted by atomic mass is 16.5. The molecule has 0 unspecified atom stereocenters. The molecule has 0 aromatic rings. The molecule has 1 saturated carbocycles. The fourth-order valence-electron chi connectivity index (χ4n) is 1.23. The van der Waals surface area contributed by atoms with Crippen molar-refractivity contribution in [1.29, 1.82) is 5.41 Å². The van der Waals surface area contributed by atoms with E-state index in [9.17, 15) is 4.79 Å². The summed E-state index contributed by atoms with van der Waals surface area (Å²) in [6.45, 7) is 2.00. The van der Waals surface area contributed by atoms with Crippen LogP contribution < -0.4 is 11.1 Å². The number of hydrogen-bond donors (Lipinski definition) is 3. The van der Waals surface area contributed by atoms with E-state index < -0.39 is 5.97 Å². The molecule has 0 atom stereocenters. The van der Waals surface area contributed by atoms with E-state index in [1.165, 1.54) is 12.6 Å². The fourth-order valence-corrected chi connectivity index (χ4v) is 1.23. The maximum atomic E-state index is 11.4. The highest BCUT2D eigenvalue weighted by Crippen LogP contribution is 2.18. The lowest BCUT2D eigenvalue weighted by molar-refractivity contribution is -0.137. The van der Waals surface area contributed by atoms with Gasteiger partial charge in [-0.05, 0) is 26.2 Å². The molecule has 0 bridgehead atoms. The monoisotopic (exact) mass is 211 g/mol. The molecule has 0 aliphatic heterocycles. The fraction of sp³-hybridized carbons (Fsp3) is 0.600. The number of nitrogens with two attached hydrogens (primary N) is 1. The van der Waals surface area contributed by atoms with Gasteiger partial charge in [0.2, 0.25) is 0 Å². The highest BCUT2D eigenvalue weighted by Gasteiger charge is 2.18. The molecule has 84 valence electrons. The van der Waals surface area contributed by atoms with Gasteiger partial charge in [-0.15, -0.1) is 0 Å². The Kier molecular flexibility index (Phi) is 4.15. The molecule has 5 heteroatoms. The number of ether oxygens (including phenoxy) is 1. The van der Waals surface area contributed by atoms with Gasteiger partial charge in [0.15, 0.2) is 0 Å². The van der Waals surface area contributed by atoms with Gasteiger partial charge in [0.1, 0.15) is 11.4 Å². The van der Waals surface area contributed by atoms with E-state index in [1.807, 2.05) is 0 Å². The second-order valence-corrected chi connectivity index (χ2v) is 3.49. The average molecular weight is 211 g/mol. The van der Waals surface area contributed by atoms with Crippen molar-refractivity contribution in [3.8, 4) is 0 Å². The van der Waals surface area contributed by atoms with Crippen molar-refractivity contribution < 1.29 is 9.53 Å². The number of amidine groups is 1. The van der Waals surface area contributed by atoms with Crippen LogP contribution in [-0.4, -0.2) is 24.5 Å². The SMILES string of the molecule is CCOC(=O)/C(=C/NC1CCC1)C(=N)N. The summed E-state index contributed by atoms with van der Waals surface area (Å²) in [5.74, 6) is -0.808. The van der Waals surface area contributed by atoms with Gasteiger partial charge in [0.25, 0.3) is 0 Å². The van der Waals surface area contributed by atoms with E-state index >= 15 is 0 Å². The molecule has 0 spiro atoms. The molecule has 0 aromatic carbocycles. The second kappa shape index (κ2) is 5.38. The van der Waals surface area contributed by atoms with Crippen molar-refractivity contribution >= 4 is 11.8 Å². The molecule has 4 N–H and O–H groups in total. The summed E-state index contributed by atoms with van der Waals surface area (Å²) in [6.07, 6.45) is 4.90. The number of hydrogen-bond acceptors (Lipinski definition) is 4. The first kappa shape index (κ1) is 11.6. The summed E-state index contributed by atoms with van der Waals surface area (Å²) in [6, 6.07) is 0.411. The third kappa shape index (κ3) is 3.27. The van der Waals surface area contributed by atoms with Crippen molar-refractivity contribution in [3.05, 3.63) is 11.8 Å². The summed E-state index contributed by atoms with van der Waals surface area (Å²) >= 11 is 0. The van der Waals surface area contributed by atoms with E-state index in [0.29, 0.717) is 6.04 Å². The predicted octanol–water partition coefficient (Wildman–Crippen LogP) is 0.511. The lowest BCUT2D eigenvalue weighted by Gasteiger charge is -2.25. The first-order valence-corrected chi connectivity index (χ1v) is 5.13. The van der Waals surface area contributed by atoms with Gasteiger partial charge in [-0.25, -0.2) is 4.79 Å². The van der Waals surface area contributed by atoms with Crippen LogP contribution in [0.3, 0.4) is 0 Å². The Morgan fingerprint density at radius 2 is 2.33 bits per heavy atom. The molecule has 1 fully saturated rings. The van der Waals surface area contributed by atoms with Crippen molar-refractivity contribution in [2.75, 3.05) is 6.61 Å². The third-order valence-electron chi connectivity index (χ3n) is 2.35. The van der Waals surface area contributed by atoms with E-state index in [0.717, 1.165) is 12.8 Å². The van der Waals surface area contributed by atoms with Crippen LogP contribution in [-0.2, 0) is 9.53 Å². The van der Waals surface area contributed by atoms with Gasteiger partial charge < -0.3 is 15.8 Å². The van der Waals surface area contributed by atoms with Gasteiger partial charge in [0.05, 0.1) is 6.61 Å². The summed E-state index contributed by atoms with van der Waals surface area (Å²) in [5, 5.41) is 10.3. The zero-order chi connectivity index (χ0) is 11.3. The van der Waals surface area contributed by atoms with Gasteiger partial charge in [0, 0.05) is 12.2 Å². The number of nitrogens with one attached hydrogen (secondary N) is 2. The Morgan fingerprint density at radius 3 is 2.73 bits per heavy atom. The van der Waals surface area contributed by atoms with Gasteiger partial charge in [-0.3, -0.25) is 5.41 Å². The minimum absolute atomic E-state index is 0.101. The molecule has 0 radical (unpaired) electrons. The van der Waals surface area contributed by atoms with Crippen LogP contribution in [0, 0.1) is 5.41 Å². The molecule has 5 nitrogen and oxygen atoms in total.